The highest BCUT2D eigenvalue weighted by Gasteiger charge is 2.32. The van der Waals surface area contributed by atoms with Crippen molar-refractivity contribution in [1.29, 1.82) is 0 Å². The zero-order valence-corrected chi connectivity index (χ0v) is 15.6. The van der Waals surface area contributed by atoms with E-state index in [1.54, 1.807) is 0 Å². The largest absolute Gasteiger partial charge is 0.355 e. The Morgan fingerprint density at radius 2 is 1.89 bits per heavy atom. The second kappa shape index (κ2) is 8.21. The lowest BCUT2D eigenvalue weighted by Gasteiger charge is -2.23. The van der Waals surface area contributed by atoms with Gasteiger partial charge in [-0.3, -0.25) is 14.0 Å². The summed E-state index contributed by atoms with van der Waals surface area (Å²) >= 11 is 0. The van der Waals surface area contributed by atoms with E-state index in [1.807, 2.05) is 64.0 Å². The van der Waals surface area contributed by atoms with Crippen molar-refractivity contribution in [2.24, 2.45) is 0 Å². The number of amides is 2. The first kappa shape index (κ1) is 18.2. The molecule has 1 unspecified atom stereocenters. The number of nitrogens with zero attached hydrogens (tertiary/aromatic N) is 4. The quantitative estimate of drug-likeness (QED) is 0.714. The van der Waals surface area contributed by atoms with Gasteiger partial charge in [0.15, 0.2) is 11.5 Å². The van der Waals surface area contributed by atoms with Crippen LogP contribution in [0.25, 0.3) is 5.65 Å². The van der Waals surface area contributed by atoms with Crippen molar-refractivity contribution < 1.29 is 9.59 Å². The van der Waals surface area contributed by atoms with Gasteiger partial charge in [0.1, 0.15) is 0 Å². The van der Waals surface area contributed by atoms with E-state index >= 15 is 0 Å². The molecule has 7 nitrogen and oxygen atoms in total. The number of benzene rings is 1. The van der Waals surface area contributed by atoms with E-state index in [0.29, 0.717) is 19.5 Å². The number of likely N-dealkylation sites (tertiary alicyclic amines) is 1. The summed E-state index contributed by atoms with van der Waals surface area (Å²) in [6.07, 6.45) is 4.36. The van der Waals surface area contributed by atoms with Gasteiger partial charge in [0.2, 0.25) is 11.8 Å². The first-order valence-corrected chi connectivity index (χ1v) is 9.62. The summed E-state index contributed by atoms with van der Waals surface area (Å²) in [5.41, 5.74) is 1.74. The molecule has 1 aromatic carbocycles. The van der Waals surface area contributed by atoms with E-state index < -0.39 is 0 Å². The van der Waals surface area contributed by atoms with Gasteiger partial charge in [-0.05, 0) is 30.5 Å². The molecular formula is C21H23N5O2. The zero-order chi connectivity index (χ0) is 19.3. The predicted molar refractivity (Wildman–Crippen MR) is 104 cm³/mol. The first-order chi connectivity index (χ1) is 13.7. The van der Waals surface area contributed by atoms with E-state index in [0.717, 1.165) is 29.9 Å². The second-order valence-corrected chi connectivity index (χ2v) is 6.99. The maximum Gasteiger partial charge on any atom is 0.224 e. The fourth-order valence-corrected chi connectivity index (χ4v) is 3.72. The number of pyridine rings is 1. The standard InChI is InChI=1S/C21H23N5O2/c27-19(15-16-7-2-1-3-8-16)22-12-11-20(28)25-14-6-9-17(25)21-24-23-18-10-4-5-13-26(18)21/h1-5,7-8,10,13,17H,6,9,11-12,14-15H2,(H,22,27). The molecule has 1 fully saturated rings. The van der Waals surface area contributed by atoms with Crippen molar-refractivity contribution in [3.63, 3.8) is 0 Å². The average Bonchev–Trinajstić information content (AvgIpc) is 3.35. The molecule has 28 heavy (non-hydrogen) atoms. The molecule has 1 N–H and O–H groups in total. The van der Waals surface area contributed by atoms with Crippen molar-refractivity contribution in [2.75, 3.05) is 13.1 Å². The van der Waals surface area contributed by atoms with Crippen molar-refractivity contribution in [2.45, 2.75) is 31.7 Å². The third kappa shape index (κ3) is 3.88. The first-order valence-electron chi connectivity index (χ1n) is 9.62. The molecule has 3 heterocycles. The van der Waals surface area contributed by atoms with Gasteiger partial charge in [0.05, 0.1) is 12.5 Å². The normalized spacial score (nSPS) is 16.4. The molecule has 1 atom stereocenters. The Bertz CT molecular complexity index is 969. The van der Waals surface area contributed by atoms with Crippen LogP contribution in [-0.2, 0) is 16.0 Å². The topological polar surface area (TPSA) is 79.6 Å². The van der Waals surface area contributed by atoms with Crippen molar-refractivity contribution in [3.8, 4) is 0 Å². The lowest BCUT2D eigenvalue weighted by Crippen LogP contribution is -2.35. The number of hydrogen-bond acceptors (Lipinski definition) is 4. The summed E-state index contributed by atoms with van der Waals surface area (Å²) in [5, 5.41) is 11.4. The minimum absolute atomic E-state index is 0.0372. The van der Waals surface area contributed by atoms with Gasteiger partial charge in [0.25, 0.3) is 0 Å². The molecule has 4 rings (SSSR count). The zero-order valence-electron chi connectivity index (χ0n) is 15.6. The molecule has 2 aromatic heterocycles. The van der Waals surface area contributed by atoms with Gasteiger partial charge in [0, 0.05) is 25.7 Å². The lowest BCUT2D eigenvalue weighted by atomic mass is 10.1. The van der Waals surface area contributed by atoms with Gasteiger partial charge in [-0.15, -0.1) is 10.2 Å². The molecule has 144 valence electrons. The number of carbonyl (C=O) groups excluding carboxylic acids is 2. The fourth-order valence-electron chi connectivity index (χ4n) is 3.72. The van der Waals surface area contributed by atoms with E-state index in [-0.39, 0.29) is 24.3 Å². The highest BCUT2D eigenvalue weighted by molar-refractivity contribution is 5.80. The molecule has 0 bridgehead atoms. The minimum atomic E-state index is -0.0691. The molecule has 0 aliphatic carbocycles. The number of fused-ring (bicyclic) bond motifs is 1. The Morgan fingerprint density at radius 1 is 1.07 bits per heavy atom. The summed E-state index contributed by atoms with van der Waals surface area (Å²) in [6.45, 7) is 1.05. The molecule has 7 heteroatoms. The smallest absolute Gasteiger partial charge is 0.224 e. The maximum atomic E-state index is 12.7. The summed E-state index contributed by atoms with van der Waals surface area (Å²) in [7, 11) is 0. The Hall–Kier alpha value is -3.22. The van der Waals surface area contributed by atoms with Crippen LogP contribution in [0.4, 0.5) is 0 Å². The monoisotopic (exact) mass is 377 g/mol. The van der Waals surface area contributed by atoms with Gasteiger partial charge in [-0.25, -0.2) is 0 Å². The SMILES string of the molecule is O=C(Cc1ccccc1)NCCC(=O)N1CCCC1c1nnc2ccccn12. The number of hydrogen-bond donors (Lipinski definition) is 1. The molecule has 0 spiro atoms. The van der Waals surface area contributed by atoms with Crippen LogP contribution in [0.5, 0.6) is 0 Å². The van der Waals surface area contributed by atoms with Crippen LogP contribution in [0.2, 0.25) is 0 Å². The van der Waals surface area contributed by atoms with E-state index in [4.69, 9.17) is 0 Å². The Labute approximate surface area is 163 Å². The third-order valence-corrected chi connectivity index (χ3v) is 5.08. The van der Waals surface area contributed by atoms with Crippen molar-refractivity contribution in [1.82, 2.24) is 24.8 Å². The van der Waals surface area contributed by atoms with Crippen molar-refractivity contribution in [3.05, 3.63) is 66.1 Å². The molecule has 0 saturated carbocycles. The van der Waals surface area contributed by atoms with Gasteiger partial charge in [-0.1, -0.05) is 36.4 Å². The molecule has 3 aromatic rings. The molecule has 0 radical (unpaired) electrons. The lowest BCUT2D eigenvalue weighted by molar-refractivity contribution is -0.132. The van der Waals surface area contributed by atoms with Crippen LogP contribution < -0.4 is 5.32 Å². The van der Waals surface area contributed by atoms with Crippen molar-refractivity contribution >= 4 is 17.5 Å². The number of aromatic nitrogens is 3. The summed E-state index contributed by atoms with van der Waals surface area (Å²) in [6, 6.07) is 15.3. The van der Waals surface area contributed by atoms with E-state index in [1.165, 1.54) is 0 Å². The number of rotatable bonds is 6. The summed E-state index contributed by atoms with van der Waals surface area (Å²) < 4.78 is 1.94. The highest BCUT2D eigenvalue weighted by atomic mass is 16.2. The molecule has 1 aliphatic rings. The minimum Gasteiger partial charge on any atom is -0.355 e. The van der Waals surface area contributed by atoms with Crippen LogP contribution in [-0.4, -0.2) is 44.4 Å². The molecule has 2 amide bonds. The number of carbonyl (C=O) groups is 2. The molecule has 1 aliphatic heterocycles. The Balaban J connectivity index is 1.33. The molecular weight excluding hydrogens is 354 g/mol. The van der Waals surface area contributed by atoms with Gasteiger partial charge < -0.3 is 10.2 Å². The highest BCUT2D eigenvalue weighted by Crippen LogP contribution is 2.31. The average molecular weight is 377 g/mol. The third-order valence-electron chi connectivity index (χ3n) is 5.08. The van der Waals surface area contributed by atoms with Gasteiger partial charge in [-0.2, -0.15) is 0 Å². The predicted octanol–water partition coefficient (Wildman–Crippen LogP) is 2.14. The summed E-state index contributed by atoms with van der Waals surface area (Å²) in [4.78, 5) is 26.7. The van der Waals surface area contributed by atoms with Gasteiger partial charge >= 0.3 is 0 Å². The van der Waals surface area contributed by atoms with Crippen LogP contribution in [0.1, 0.15) is 36.7 Å². The van der Waals surface area contributed by atoms with Crippen LogP contribution in [0.15, 0.2) is 54.7 Å². The summed E-state index contributed by atoms with van der Waals surface area (Å²) in [5.74, 6) is 0.769. The Morgan fingerprint density at radius 3 is 2.75 bits per heavy atom. The van der Waals surface area contributed by atoms with E-state index in [2.05, 4.69) is 15.5 Å². The Kier molecular flexibility index (Phi) is 5.32. The maximum absolute atomic E-state index is 12.7. The van der Waals surface area contributed by atoms with E-state index in [9.17, 15) is 9.59 Å². The molecule has 1 saturated heterocycles. The van der Waals surface area contributed by atoms with Crippen LogP contribution in [0.3, 0.4) is 0 Å². The van der Waals surface area contributed by atoms with Crippen LogP contribution in [0, 0.1) is 0 Å². The fraction of sp³-hybridized carbons (Fsp3) is 0.333. The van der Waals surface area contributed by atoms with Crippen LogP contribution >= 0.6 is 0 Å². The second-order valence-electron chi connectivity index (χ2n) is 6.99. The number of nitrogens with one attached hydrogen (secondary N) is 1.